The first-order valence-corrected chi connectivity index (χ1v) is 7.58. The summed E-state index contributed by atoms with van der Waals surface area (Å²) in [6.45, 7) is 2.08. The Morgan fingerprint density at radius 3 is 2.22 bits per heavy atom. The molecule has 0 unspecified atom stereocenters. The van der Waals surface area contributed by atoms with Crippen LogP contribution >= 0.6 is 0 Å². The van der Waals surface area contributed by atoms with Crippen LogP contribution in [0.15, 0.2) is 48.5 Å². The van der Waals surface area contributed by atoms with Crippen LogP contribution < -0.4 is 16.0 Å². The second-order valence-electron chi connectivity index (χ2n) is 5.40. The van der Waals surface area contributed by atoms with Gasteiger partial charge in [-0.1, -0.05) is 12.1 Å². The highest BCUT2D eigenvalue weighted by molar-refractivity contribution is 5.69. The molecule has 0 spiro atoms. The highest BCUT2D eigenvalue weighted by Crippen LogP contribution is 2.26. The summed E-state index contributed by atoms with van der Waals surface area (Å²) < 4.78 is 0. The van der Waals surface area contributed by atoms with Crippen molar-refractivity contribution in [2.45, 2.75) is 6.92 Å². The van der Waals surface area contributed by atoms with Crippen LogP contribution in [-0.4, -0.2) is 24.3 Å². The number of rotatable bonds is 5. The molecule has 0 saturated heterocycles. The maximum atomic E-state index is 4.35. The van der Waals surface area contributed by atoms with E-state index < -0.39 is 0 Å². The van der Waals surface area contributed by atoms with E-state index >= 15 is 0 Å². The summed E-state index contributed by atoms with van der Waals surface area (Å²) in [5.41, 5.74) is 6.49. The number of anilines is 4. The third-order valence-corrected chi connectivity index (χ3v) is 3.84. The van der Waals surface area contributed by atoms with Gasteiger partial charge < -0.3 is 16.0 Å². The Hall–Kier alpha value is -2.95. The van der Waals surface area contributed by atoms with Crippen molar-refractivity contribution in [2.24, 2.45) is 0 Å². The number of H-pyrrole nitrogens is 1. The SMILES string of the molecule is CNc1ccc(-c2cc(Nc3ccc(NC)cc3C)n[nH]2)cc1. The molecule has 4 N–H and O–H groups in total. The molecular weight excluding hydrogens is 286 g/mol. The van der Waals surface area contributed by atoms with Crippen LogP contribution in [0.1, 0.15) is 5.56 Å². The Kier molecular flexibility index (Phi) is 4.19. The van der Waals surface area contributed by atoms with E-state index in [9.17, 15) is 0 Å². The molecule has 0 fully saturated rings. The number of aromatic amines is 1. The summed E-state index contributed by atoms with van der Waals surface area (Å²) in [4.78, 5) is 0. The molecule has 0 radical (unpaired) electrons. The van der Waals surface area contributed by atoms with E-state index in [1.807, 2.05) is 38.4 Å². The predicted molar refractivity (Wildman–Crippen MR) is 97.6 cm³/mol. The summed E-state index contributed by atoms with van der Waals surface area (Å²) in [5.74, 6) is 0.804. The van der Waals surface area contributed by atoms with E-state index in [-0.39, 0.29) is 0 Å². The number of hydrogen-bond donors (Lipinski definition) is 4. The van der Waals surface area contributed by atoms with Crippen molar-refractivity contribution >= 4 is 22.9 Å². The first kappa shape index (κ1) is 15.0. The molecule has 0 aliphatic rings. The van der Waals surface area contributed by atoms with Crippen LogP contribution in [0.5, 0.6) is 0 Å². The normalized spacial score (nSPS) is 10.4. The van der Waals surface area contributed by atoms with Gasteiger partial charge in [0.1, 0.15) is 0 Å². The maximum absolute atomic E-state index is 4.35. The van der Waals surface area contributed by atoms with Gasteiger partial charge in [0.25, 0.3) is 0 Å². The molecule has 0 amide bonds. The van der Waals surface area contributed by atoms with Crippen molar-refractivity contribution in [1.29, 1.82) is 0 Å². The minimum absolute atomic E-state index is 0.804. The van der Waals surface area contributed by atoms with Gasteiger partial charge in [0.2, 0.25) is 0 Å². The number of hydrogen-bond acceptors (Lipinski definition) is 4. The molecule has 0 aliphatic carbocycles. The number of benzene rings is 2. The van der Waals surface area contributed by atoms with Crippen LogP contribution in [0.25, 0.3) is 11.3 Å². The van der Waals surface area contributed by atoms with E-state index in [0.717, 1.165) is 34.1 Å². The van der Waals surface area contributed by atoms with Crippen molar-refractivity contribution in [3.05, 3.63) is 54.1 Å². The molecule has 5 heteroatoms. The summed E-state index contributed by atoms with van der Waals surface area (Å²) >= 11 is 0. The zero-order valence-electron chi connectivity index (χ0n) is 13.6. The maximum Gasteiger partial charge on any atom is 0.152 e. The summed E-state index contributed by atoms with van der Waals surface area (Å²) in [6, 6.07) is 16.4. The fraction of sp³-hybridized carbons (Fsp3) is 0.167. The lowest BCUT2D eigenvalue weighted by Gasteiger charge is -2.08. The Labute approximate surface area is 136 Å². The quantitative estimate of drug-likeness (QED) is 0.570. The van der Waals surface area contributed by atoms with Crippen molar-refractivity contribution in [1.82, 2.24) is 10.2 Å². The molecular formula is C18H21N5. The minimum atomic E-state index is 0.804. The average Bonchev–Trinajstić information content (AvgIpc) is 3.05. The lowest BCUT2D eigenvalue weighted by atomic mass is 10.1. The van der Waals surface area contributed by atoms with E-state index in [1.165, 1.54) is 5.56 Å². The zero-order valence-corrected chi connectivity index (χ0v) is 13.6. The van der Waals surface area contributed by atoms with Gasteiger partial charge in [-0.05, 0) is 48.4 Å². The predicted octanol–water partition coefficient (Wildman–Crippen LogP) is 4.21. The van der Waals surface area contributed by atoms with E-state index in [1.54, 1.807) is 0 Å². The molecule has 1 aromatic heterocycles. The van der Waals surface area contributed by atoms with Gasteiger partial charge in [-0.25, -0.2) is 0 Å². The first-order valence-electron chi connectivity index (χ1n) is 7.58. The number of aromatic nitrogens is 2. The third kappa shape index (κ3) is 3.29. The van der Waals surface area contributed by atoms with Gasteiger partial charge in [0, 0.05) is 37.2 Å². The highest BCUT2D eigenvalue weighted by atomic mass is 15.2. The van der Waals surface area contributed by atoms with Crippen molar-refractivity contribution < 1.29 is 0 Å². The average molecular weight is 307 g/mol. The summed E-state index contributed by atoms with van der Waals surface area (Å²) in [5, 5.41) is 17.0. The van der Waals surface area contributed by atoms with Crippen LogP contribution in [-0.2, 0) is 0 Å². The van der Waals surface area contributed by atoms with Gasteiger partial charge in [0.05, 0.1) is 5.69 Å². The Balaban J connectivity index is 1.79. The lowest BCUT2D eigenvalue weighted by Crippen LogP contribution is -1.95. The van der Waals surface area contributed by atoms with Crippen LogP contribution in [0.2, 0.25) is 0 Å². The molecule has 118 valence electrons. The molecule has 3 rings (SSSR count). The van der Waals surface area contributed by atoms with Gasteiger partial charge in [0.15, 0.2) is 5.82 Å². The second kappa shape index (κ2) is 6.44. The molecule has 2 aromatic carbocycles. The van der Waals surface area contributed by atoms with E-state index in [0.29, 0.717) is 0 Å². The molecule has 0 atom stereocenters. The standard InChI is InChI=1S/C18H21N5/c1-12-10-15(20-3)8-9-16(12)21-18-11-17(22-23-18)13-4-6-14(19-2)7-5-13/h4-11,19-20H,1-3H3,(H2,21,22,23). The fourth-order valence-electron chi connectivity index (χ4n) is 2.45. The number of aryl methyl sites for hydroxylation is 1. The van der Waals surface area contributed by atoms with Crippen LogP contribution in [0, 0.1) is 6.92 Å². The molecule has 5 nitrogen and oxygen atoms in total. The molecule has 0 aliphatic heterocycles. The third-order valence-electron chi connectivity index (χ3n) is 3.84. The topological polar surface area (TPSA) is 64.8 Å². The zero-order chi connectivity index (χ0) is 16.2. The van der Waals surface area contributed by atoms with Crippen molar-refractivity contribution in [3.8, 4) is 11.3 Å². The van der Waals surface area contributed by atoms with Gasteiger partial charge in [-0.3, -0.25) is 5.10 Å². The second-order valence-corrected chi connectivity index (χ2v) is 5.40. The Morgan fingerprint density at radius 2 is 1.57 bits per heavy atom. The molecule has 0 bridgehead atoms. The Bertz CT molecular complexity index is 789. The molecule has 1 heterocycles. The molecule has 23 heavy (non-hydrogen) atoms. The Morgan fingerprint density at radius 1 is 0.870 bits per heavy atom. The molecule has 0 saturated carbocycles. The number of nitrogens with zero attached hydrogens (tertiary/aromatic N) is 1. The fourth-order valence-corrected chi connectivity index (χ4v) is 2.45. The smallest absolute Gasteiger partial charge is 0.152 e. The summed E-state index contributed by atoms with van der Waals surface area (Å²) in [7, 11) is 3.83. The molecule has 3 aromatic rings. The monoisotopic (exact) mass is 307 g/mol. The van der Waals surface area contributed by atoms with Crippen molar-refractivity contribution in [3.63, 3.8) is 0 Å². The minimum Gasteiger partial charge on any atom is -0.388 e. The van der Waals surface area contributed by atoms with Crippen LogP contribution in [0.4, 0.5) is 22.9 Å². The van der Waals surface area contributed by atoms with Crippen LogP contribution in [0.3, 0.4) is 0 Å². The summed E-state index contributed by atoms with van der Waals surface area (Å²) in [6.07, 6.45) is 0. The van der Waals surface area contributed by atoms with Gasteiger partial charge >= 0.3 is 0 Å². The largest absolute Gasteiger partial charge is 0.388 e. The first-order chi connectivity index (χ1) is 11.2. The van der Waals surface area contributed by atoms with Gasteiger partial charge in [-0.2, -0.15) is 5.10 Å². The lowest BCUT2D eigenvalue weighted by molar-refractivity contribution is 1.10. The van der Waals surface area contributed by atoms with E-state index in [2.05, 4.69) is 57.3 Å². The van der Waals surface area contributed by atoms with Crippen molar-refractivity contribution in [2.75, 3.05) is 30.0 Å². The van der Waals surface area contributed by atoms with E-state index in [4.69, 9.17) is 0 Å². The highest BCUT2D eigenvalue weighted by Gasteiger charge is 2.06. The number of nitrogens with one attached hydrogen (secondary N) is 4. The van der Waals surface area contributed by atoms with Gasteiger partial charge in [-0.15, -0.1) is 0 Å².